The number of primary amides is 2. The molecule has 0 spiro atoms. The van der Waals surface area contributed by atoms with Crippen LogP contribution < -0.4 is 25.8 Å². The lowest BCUT2D eigenvalue weighted by molar-refractivity contribution is 0.0992. The summed E-state index contributed by atoms with van der Waals surface area (Å²) >= 11 is 5.64. The topological polar surface area (TPSA) is 147 Å². The fourth-order valence-corrected chi connectivity index (χ4v) is 6.43. The number of aryl methyl sites for hydroxylation is 2. The van der Waals surface area contributed by atoms with E-state index >= 15 is 0 Å². The van der Waals surface area contributed by atoms with Crippen molar-refractivity contribution in [2.24, 2.45) is 11.5 Å². The highest BCUT2D eigenvalue weighted by Crippen LogP contribution is 2.34. The van der Waals surface area contributed by atoms with E-state index in [1.165, 1.54) is 5.69 Å². The van der Waals surface area contributed by atoms with Gasteiger partial charge in [-0.3, -0.25) is 14.5 Å². The molecular weight excluding hydrogens is 644 g/mol. The van der Waals surface area contributed by atoms with Crippen molar-refractivity contribution in [3.63, 3.8) is 0 Å². The lowest BCUT2D eigenvalue weighted by Crippen LogP contribution is -2.46. The molecule has 4 N–H and O–H groups in total. The lowest BCUT2D eigenvalue weighted by atomic mass is 10.2. The molecule has 4 heterocycles. The van der Waals surface area contributed by atoms with Crippen LogP contribution in [0.5, 0.6) is 11.5 Å². The zero-order chi connectivity index (χ0) is 34.2. The van der Waals surface area contributed by atoms with Crippen molar-refractivity contribution < 1.29 is 19.1 Å². The highest BCUT2D eigenvalue weighted by atomic mass is 35.5. The van der Waals surface area contributed by atoms with Crippen molar-refractivity contribution in [1.82, 2.24) is 24.0 Å². The van der Waals surface area contributed by atoms with Gasteiger partial charge in [0.25, 0.3) is 0 Å². The maximum Gasteiger partial charge on any atom is 0.248 e. The van der Waals surface area contributed by atoms with Crippen LogP contribution in [0.15, 0.2) is 67.3 Å². The van der Waals surface area contributed by atoms with Crippen LogP contribution in [0.25, 0.3) is 22.1 Å². The van der Waals surface area contributed by atoms with E-state index in [9.17, 15) is 9.59 Å². The predicted octanol–water partition coefficient (Wildman–Crippen LogP) is 4.66. The van der Waals surface area contributed by atoms with Crippen molar-refractivity contribution in [2.45, 2.75) is 38.8 Å². The van der Waals surface area contributed by atoms with Crippen molar-refractivity contribution >= 4 is 51.2 Å². The lowest BCUT2D eigenvalue weighted by Gasteiger charge is -2.36. The van der Waals surface area contributed by atoms with Gasteiger partial charge in [-0.25, -0.2) is 9.97 Å². The second-order valence-electron chi connectivity index (χ2n) is 12.3. The first kappa shape index (κ1) is 34.1. The molecule has 0 bridgehead atoms. The van der Waals surface area contributed by atoms with Crippen LogP contribution >= 0.6 is 11.6 Å². The molecule has 0 aliphatic carbocycles. The smallest absolute Gasteiger partial charge is 0.248 e. The van der Waals surface area contributed by atoms with Gasteiger partial charge in [-0.15, -0.1) is 11.6 Å². The number of imidazole rings is 2. The number of benzene rings is 3. The van der Waals surface area contributed by atoms with E-state index in [0.29, 0.717) is 30.2 Å². The molecule has 1 saturated heterocycles. The summed E-state index contributed by atoms with van der Waals surface area (Å²) in [4.78, 5) is 36.0. The van der Waals surface area contributed by atoms with E-state index in [2.05, 4.69) is 41.0 Å². The van der Waals surface area contributed by atoms with E-state index in [4.69, 9.17) is 32.5 Å². The van der Waals surface area contributed by atoms with Crippen LogP contribution in [0.4, 0.5) is 5.69 Å². The molecule has 0 unspecified atom stereocenters. The number of piperazine rings is 1. The summed E-state index contributed by atoms with van der Waals surface area (Å²) in [5, 5.41) is 0. The van der Waals surface area contributed by atoms with Gasteiger partial charge in [-0.1, -0.05) is 0 Å². The number of rotatable bonds is 12. The Morgan fingerprint density at radius 3 is 1.80 bits per heavy atom. The van der Waals surface area contributed by atoms with E-state index in [-0.39, 0.29) is 0 Å². The Kier molecular flexibility index (Phi) is 11.2. The van der Waals surface area contributed by atoms with Gasteiger partial charge < -0.3 is 35.0 Å². The minimum absolute atomic E-state index is 0.421. The summed E-state index contributed by atoms with van der Waals surface area (Å²) in [5.74, 6) is 1.53. The number of fused-ring (bicyclic) bond motifs is 3. The normalized spacial score (nSPS) is 14.5. The van der Waals surface area contributed by atoms with Crippen molar-refractivity contribution in [1.29, 1.82) is 0 Å². The van der Waals surface area contributed by atoms with Crippen LogP contribution in [0.1, 0.15) is 46.4 Å². The van der Waals surface area contributed by atoms with E-state index < -0.39 is 11.8 Å². The molecule has 49 heavy (non-hydrogen) atoms. The SMILES string of the molecule is NC(=O)c1ccc2c(c1)ncn2CCCCCl.NC(=O)c1ccc2c(c1)ncn2CCCCN1CCN(c2ccc3c(c2)OCCO3)CC1. The molecule has 7 rings (SSSR count). The summed E-state index contributed by atoms with van der Waals surface area (Å²) in [7, 11) is 0. The highest BCUT2D eigenvalue weighted by molar-refractivity contribution is 6.17. The molecule has 1 fully saturated rings. The largest absolute Gasteiger partial charge is 0.486 e. The Hall–Kier alpha value is -4.81. The van der Waals surface area contributed by atoms with Crippen LogP contribution in [0.2, 0.25) is 0 Å². The molecule has 0 radical (unpaired) electrons. The molecule has 0 saturated carbocycles. The number of alkyl halides is 1. The highest BCUT2D eigenvalue weighted by Gasteiger charge is 2.19. The third-order valence-electron chi connectivity index (χ3n) is 8.98. The third-order valence-corrected chi connectivity index (χ3v) is 9.25. The first-order chi connectivity index (χ1) is 23.9. The number of halogens is 1. The number of carbonyl (C=O) groups excluding carboxylic acids is 2. The second kappa shape index (κ2) is 16.1. The summed E-state index contributed by atoms with van der Waals surface area (Å²) in [6.45, 7) is 8.33. The van der Waals surface area contributed by atoms with Gasteiger partial charge in [-0.2, -0.15) is 0 Å². The fourth-order valence-electron chi connectivity index (χ4n) is 6.24. The monoisotopic (exact) mass is 686 g/mol. The Labute approximate surface area is 290 Å². The van der Waals surface area contributed by atoms with Crippen molar-refractivity contribution in [3.8, 4) is 11.5 Å². The number of hydrogen-bond donors (Lipinski definition) is 2. The molecule has 0 atom stereocenters. The molecular formula is C36H43ClN8O4. The second-order valence-corrected chi connectivity index (χ2v) is 12.6. The van der Waals surface area contributed by atoms with Crippen LogP contribution in [0, 0.1) is 0 Å². The number of ether oxygens (including phenoxy) is 2. The number of unbranched alkanes of at least 4 members (excludes halogenated alkanes) is 2. The Morgan fingerprint density at radius 2 is 1.22 bits per heavy atom. The zero-order valence-corrected chi connectivity index (χ0v) is 28.4. The first-order valence-corrected chi connectivity index (χ1v) is 17.4. The summed E-state index contributed by atoms with van der Waals surface area (Å²) in [6.07, 6.45) is 7.87. The Balaban J connectivity index is 0.000000207. The summed E-state index contributed by atoms with van der Waals surface area (Å²) in [5.41, 5.74) is 16.5. The van der Waals surface area contributed by atoms with Gasteiger partial charge in [-0.05, 0) is 80.8 Å². The number of nitrogens with zero attached hydrogens (tertiary/aromatic N) is 6. The van der Waals surface area contributed by atoms with Crippen molar-refractivity contribution in [3.05, 3.63) is 78.4 Å². The molecule has 12 nitrogen and oxygen atoms in total. The zero-order valence-electron chi connectivity index (χ0n) is 27.6. The minimum Gasteiger partial charge on any atom is -0.486 e. The predicted molar refractivity (Wildman–Crippen MR) is 192 cm³/mol. The number of nitrogens with two attached hydrogens (primary N) is 2. The molecule has 5 aromatic rings. The number of carbonyl (C=O) groups is 2. The maximum absolute atomic E-state index is 11.3. The molecule has 258 valence electrons. The van der Waals surface area contributed by atoms with E-state index in [1.807, 2.05) is 24.5 Å². The number of amides is 2. The molecule has 2 amide bonds. The molecule has 3 aromatic carbocycles. The quantitative estimate of drug-likeness (QED) is 0.142. The number of hydrogen-bond acceptors (Lipinski definition) is 8. The van der Waals surface area contributed by atoms with Crippen LogP contribution in [-0.4, -0.2) is 87.6 Å². The van der Waals surface area contributed by atoms with Crippen LogP contribution in [-0.2, 0) is 13.1 Å². The summed E-state index contributed by atoms with van der Waals surface area (Å²) < 4.78 is 15.6. The fraction of sp³-hybridized carbons (Fsp3) is 0.389. The third kappa shape index (κ3) is 8.44. The van der Waals surface area contributed by atoms with Gasteiger partial charge in [0.2, 0.25) is 11.8 Å². The standard InChI is InChI=1S/C24H29N5O3.C12H14ClN3O/c25-24(30)18-3-5-21-20(15-18)26-17-29(21)8-2-1-7-27-9-11-28(12-10-27)19-4-6-22-23(16-19)32-14-13-31-22;13-5-1-2-6-16-8-15-10-7-9(12(14)17)3-4-11(10)16/h3-6,15-17H,1-2,7-14H2,(H2,25,30);3-4,7-8H,1-2,5-6H2,(H2,14,17). The summed E-state index contributed by atoms with van der Waals surface area (Å²) in [6, 6.07) is 17.0. The van der Waals surface area contributed by atoms with Crippen LogP contribution in [0.3, 0.4) is 0 Å². The van der Waals surface area contributed by atoms with Gasteiger partial charge >= 0.3 is 0 Å². The molecule has 2 aromatic heterocycles. The number of aromatic nitrogens is 4. The Bertz CT molecular complexity index is 1900. The Morgan fingerprint density at radius 1 is 0.673 bits per heavy atom. The average molecular weight is 687 g/mol. The molecule has 13 heteroatoms. The van der Waals surface area contributed by atoms with Gasteiger partial charge in [0.1, 0.15) is 13.2 Å². The molecule has 2 aliphatic rings. The molecule has 2 aliphatic heterocycles. The van der Waals surface area contributed by atoms with Crippen molar-refractivity contribution in [2.75, 3.05) is 56.7 Å². The average Bonchev–Trinajstić information content (AvgIpc) is 3.73. The van der Waals surface area contributed by atoms with E-state index in [1.54, 1.807) is 30.6 Å². The maximum atomic E-state index is 11.3. The van der Waals surface area contributed by atoms with E-state index in [0.717, 1.165) is 105 Å². The van der Waals surface area contributed by atoms with Gasteiger partial charge in [0.05, 0.1) is 34.7 Å². The van der Waals surface area contributed by atoms with Gasteiger partial charge in [0, 0.05) is 68.0 Å². The van der Waals surface area contributed by atoms with Gasteiger partial charge in [0.15, 0.2) is 11.5 Å². The minimum atomic E-state index is -0.427. The first-order valence-electron chi connectivity index (χ1n) is 16.8. The number of anilines is 1.